The van der Waals surface area contributed by atoms with E-state index in [-0.39, 0.29) is 17.4 Å². The minimum Gasteiger partial charge on any atom is -0.494 e. The average Bonchev–Trinajstić information content (AvgIpc) is 3.01. The molecule has 4 rings (SSSR count). The number of benzene rings is 4. The van der Waals surface area contributed by atoms with Crippen molar-refractivity contribution < 1.29 is 27.5 Å². The second-order valence-electron chi connectivity index (χ2n) is 8.82. The Balaban J connectivity index is 1.34. The highest BCUT2D eigenvalue weighted by molar-refractivity contribution is 7.92. The Morgan fingerprint density at radius 3 is 2.02 bits per heavy atom. The Bertz CT molecular complexity index is 1600. The van der Waals surface area contributed by atoms with Gasteiger partial charge in [0.2, 0.25) is 0 Å². The van der Waals surface area contributed by atoms with Gasteiger partial charge in [0, 0.05) is 5.69 Å². The van der Waals surface area contributed by atoms with Gasteiger partial charge in [0.15, 0.2) is 6.61 Å². The Morgan fingerprint density at radius 2 is 1.38 bits per heavy atom. The Hall–Kier alpha value is -5.16. The zero-order valence-corrected chi connectivity index (χ0v) is 23.7. The fraction of sp³-hybridized carbons (Fsp3) is 0.129. The number of hydrogen-bond donors (Lipinski definition) is 2. The normalized spacial score (nSPS) is 11.1. The molecule has 2 amide bonds. The van der Waals surface area contributed by atoms with Crippen LogP contribution in [0.2, 0.25) is 0 Å². The molecule has 10 nitrogen and oxygen atoms in total. The molecule has 4 aromatic rings. The lowest BCUT2D eigenvalue weighted by Gasteiger charge is -2.23. The van der Waals surface area contributed by atoms with Gasteiger partial charge in [-0.2, -0.15) is 5.10 Å². The lowest BCUT2D eigenvalue weighted by molar-refractivity contribution is -0.119. The van der Waals surface area contributed by atoms with Crippen LogP contribution < -0.4 is 24.5 Å². The lowest BCUT2D eigenvalue weighted by Crippen LogP contribution is -2.39. The molecular weight excluding hydrogens is 556 g/mol. The molecule has 0 radical (unpaired) electrons. The summed E-state index contributed by atoms with van der Waals surface area (Å²) in [6.07, 6.45) is 1.41. The number of anilines is 2. The third kappa shape index (κ3) is 8.42. The second kappa shape index (κ2) is 14.5. The summed E-state index contributed by atoms with van der Waals surface area (Å²) in [6, 6.07) is 30.2. The molecule has 0 saturated heterocycles. The molecule has 0 heterocycles. The summed E-state index contributed by atoms with van der Waals surface area (Å²) in [5, 5.41) is 6.70. The Labute approximate surface area is 244 Å². The molecule has 11 heteroatoms. The van der Waals surface area contributed by atoms with Crippen LogP contribution in [0.4, 0.5) is 11.4 Å². The first-order valence-electron chi connectivity index (χ1n) is 13.1. The van der Waals surface area contributed by atoms with Gasteiger partial charge in [-0.25, -0.2) is 13.8 Å². The summed E-state index contributed by atoms with van der Waals surface area (Å²) >= 11 is 0. The van der Waals surface area contributed by atoms with Crippen LogP contribution in [0.3, 0.4) is 0 Å². The van der Waals surface area contributed by atoms with Crippen LogP contribution in [0.1, 0.15) is 12.5 Å². The molecule has 0 atom stereocenters. The molecule has 0 fully saturated rings. The van der Waals surface area contributed by atoms with Crippen molar-refractivity contribution in [3.05, 3.63) is 115 Å². The molecule has 0 aliphatic carbocycles. The van der Waals surface area contributed by atoms with E-state index in [0.717, 1.165) is 4.31 Å². The van der Waals surface area contributed by atoms with E-state index in [4.69, 9.17) is 9.47 Å². The maximum atomic E-state index is 13.5. The predicted octanol–water partition coefficient (Wildman–Crippen LogP) is 4.45. The zero-order chi connectivity index (χ0) is 29.8. The van der Waals surface area contributed by atoms with Crippen LogP contribution in [0.15, 0.2) is 119 Å². The molecule has 0 spiro atoms. The number of rotatable bonds is 13. The number of carbonyl (C=O) groups is 2. The fourth-order valence-corrected chi connectivity index (χ4v) is 5.19. The van der Waals surface area contributed by atoms with Crippen LogP contribution in [0.25, 0.3) is 0 Å². The summed E-state index contributed by atoms with van der Waals surface area (Å²) in [4.78, 5) is 24.8. The molecular formula is C31H30N4O6S. The molecule has 0 unspecified atom stereocenters. The van der Waals surface area contributed by atoms with E-state index >= 15 is 0 Å². The van der Waals surface area contributed by atoms with Crippen molar-refractivity contribution in [2.75, 3.05) is 29.4 Å². The molecule has 0 aliphatic heterocycles. The molecule has 4 aromatic carbocycles. The van der Waals surface area contributed by atoms with Gasteiger partial charge in [-0.1, -0.05) is 36.4 Å². The van der Waals surface area contributed by atoms with Gasteiger partial charge in [-0.15, -0.1) is 0 Å². The summed E-state index contributed by atoms with van der Waals surface area (Å²) in [6.45, 7) is 1.64. The van der Waals surface area contributed by atoms with Gasteiger partial charge in [-0.3, -0.25) is 13.9 Å². The van der Waals surface area contributed by atoms with E-state index in [1.165, 1.54) is 18.3 Å². The summed E-state index contributed by atoms with van der Waals surface area (Å²) < 4.78 is 38.9. The van der Waals surface area contributed by atoms with Crippen molar-refractivity contribution in [1.82, 2.24) is 5.43 Å². The highest BCUT2D eigenvalue weighted by atomic mass is 32.2. The number of ether oxygens (including phenoxy) is 2. The van der Waals surface area contributed by atoms with Crippen LogP contribution in [-0.4, -0.2) is 46.2 Å². The van der Waals surface area contributed by atoms with Crippen LogP contribution in [0, 0.1) is 0 Å². The highest BCUT2D eigenvalue weighted by Gasteiger charge is 2.27. The van der Waals surface area contributed by atoms with Gasteiger partial charge >= 0.3 is 0 Å². The number of amides is 2. The smallest absolute Gasteiger partial charge is 0.264 e. The van der Waals surface area contributed by atoms with Crippen molar-refractivity contribution >= 4 is 39.4 Å². The van der Waals surface area contributed by atoms with E-state index < -0.39 is 22.5 Å². The average molecular weight is 587 g/mol. The summed E-state index contributed by atoms with van der Waals surface area (Å²) in [7, 11) is -4.07. The lowest BCUT2D eigenvalue weighted by atomic mass is 10.2. The molecule has 42 heavy (non-hydrogen) atoms. The van der Waals surface area contributed by atoms with Crippen LogP contribution in [-0.2, 0) is 19.6 Å². The molecule has 0 saturated carbocycles. The number of nitrogens with zero attached hydrogens (tertiary/aromatic N) is 2. The van der Waals surface area contributed by atoms with E-state index in [0.29, 0.717) is 35.0 Å². The minimum atomic E-state index is -4.07. The van der Waals surface area contributed by atoms with Crippen molar-refractivity contribution in [2.24, 2.45) is 5.10 Å². The Kier molecular flexibility index (Phi) is 10.3. The molecule has 2 N–H and O–H groups in total. The SMILES string of the molecule is CCOc1ccc(S(=O)(=O)N(CC(=O)N/N=C\c2ccc(OCC(=O)Nc3ccccc3)cc2)c2ccccc2)cc1. The van der Waals surface area contributed by atoms with Gasteiger partial charge in [0.1, 0.15) is 18.0 Å². The first-order valence-corrected chi connectivity index (χ1v) is 14.5. The van der Waals surface area contributed by atoms with E-state index in [2.05, 4.69) is 15.8 Å². The first-order chi connectivity index (χ1) is 20.3. The second-order valence-corrected chi connectivity index (χ2v) is 10.7. The maximum Gasteiger partial charge on any atom is 0.264 e. The molecule has 0 bridgehead atoms. The third-order valence-corrected chi connectivity index (χ3v) is 7.55. The number of para-hydroxylation sites is 2. The van der Waals surface area contributed by atoms with Gasteiger partial charge in [-0.05, 0) is 85.3 Å². The highest BCUT2D eigenvalue weighted by Crippen LogP contribution is 2.25. The number of sulfonamides is 1. The first kappa shape index (κ1) is 29.8. The number of hydrazone groups is 1. The van der Waals surface area contributed by atoms with Gasteiger partial charge in [0.05, 0.1) is 23.4 Å². The van der Waals surface area contributed by atoms with E-state index in [1.54, 1.807) is 78.9 Å². The number of nitrogens with one attached hydrogen (secondary N) is 2. The molecule has 216 valence electrons. The van der Waals surface area contributed by atoms with Gasteiger partial charge < -0.3 is 14.8 Å². The quantitative estimate of drug-likeness (QED) is 0.176. The third-order valence-electron chi connectivity index (χ3n) is 5.76. The number of hydrogen-bond acceptors (Lipinski definition) is 7. The van der Waals surface area contributed by atoms with E-state index in [1.807, 2.05) is 25.1 Å². The van der Waals surface area contributed by atoms with Crippen molar-refractivity contribution in [3.8, 4) is 11.5 Å². The van der Waals surface area contributed by atoms with Gasteiger partial charge in [0.25, 0.3) is 21.8 Å². The zero-order valence-electron chi connectivity index (χ0n) is 22.8. The van der Waals surface area contributed by atoms with Crippen molar-refractivity contribution in [3.63, 3.8) is 0 Å². The van der Waals surface area contributed by atoms with E-state index in [9.17, 15) is 18.0 Å². The Morgan fingerprint density at radius 1 is 0.786 bits per heavy atom. The number of carbonyl (C=O) groups excluding carboxylic acids is 2. The predicted molar refractivity (Wildman–Crippen MR) is 161 cm³/mol. The fourth-order valence-electron chi connectivity index (χ4n) is 3.77. The molecule has 0 aromatic heterocycles. The standard InChI is InChI=1S/C31H30N4O6S/c1-2-40-27-17-19-29(20-18-27)42(38,39)35(26-11-7-4-8-12-26)22-30(36)34-32-21-24-13-15-28(16-14-24)41-23-31(37)33-25-9-5-3-6-10-25/h3-21H,2,22-23H2,1H3,(H,33,37)(H,34,36)/b32-21-. The minimum absolute atomic E-state index is 0.0194. The van der Waals surface area contributed by atoms with Crippen LogP contribution in [0.5, 0.6) is 11.5 Å². The monoisotopic (exact) mass is 586 g/mol. The summed E-state index contributed by atoms with van der Waals surface area (Å²) in [5.41, 5.74) is 4.04. The largest absolute Gasteiger partial charge is 0.494 e. The van der Waals surface area contributed by atoms with Crippen molar-refractivity contribution in [2.45, 2.75) is 11.8 Å². The summed E-state index contributed by atoms with van der Waals surface area (Å²) in [5.74, 6) is 0.109. The topological polar surface area (TPSA) is 126 Å². The van der Waals surface area contributed by atoms with Crippen LogP contribution >= 0.6 is 0 Å². The maximum absolute atomic E-state index is 13.5. The van der Waals surface area contributed by atoms with Crippen molar-refractivity contribution in [1.29, 1.82) is 0 Å². The molecule has 0 aliphatic rings.